The molecule has 4 rings (SSSR count). The third-order valence-electron chi connectivity index (χ3n) is 4.47. The van der Waals surface area contributed by atoms with Crippen LogP contribution >= 0.6 is 23.2 Å². The molecule has 1 aliphatic heterocycles. The molecular formula is C21H16Cl2N2O. The minimum Gasteiger partial charge on any atom is -0.360 e. The molecule has 5 heteroatoms. The van der Waals surface area contributed by atoms with E-state index in [-0.39, 0.29) is 12.1 Å². The molecule has 0 fully saturated rings. The van der Waals surface area contributed by atoms with Crippen LogP contribution in [0.4, 0.5) is 5.69 Å². The van der Waals surface area contributed by atoms with Crippen LogP contribution in [0.5, 0.6) is 0 Å². The fourth-order valence-corrected chi connectivity index (χ4v) is 3.57. The summed E-state index contributed by atoms with van der Waals surface area (Å²) in [5.41, 5.74) is 3.41. The first-order valence-corrected chi connectivity index (χ1v) is 9.04. The average Bonchev–Trinajstić information content (AvgIpc) is 2.92. The molecule has 1 amide bonds. The van der Waals surface area contributed by atoms with Crippen LogP contribution < -0.4 is 5.32 Å². The molecule has 0 unspecified atom stereocenters. The van der Waals surface area contributed by atoms with Crippen molar-refractivity contribution in [2.24, 2.45) is 0 Å². The standard InChI is InChI=1S/C21H16Cl2N2O/c22-15-10-11-18(23)19(12-15)24-20-16-8-4-5-9-17(16)21(26)25(20)13-14-6-2-1-3-7-14/h1-12,20,24H,13H2/t20-/m1/s1. The molecule has 1 atom stereocenters. The zero-order chi connectivity index (χ0) is 18.1. The van der Waals surface area contributed by atoms with Crippen molar-refractivity contribution in [3.8, 4) is 0 Å². The van der Waals surface area contributed by atoms with Crippen LogP contribution in [0.1, 0.15) is 27.7 Å². The summed E-state index contributed by atoms with van der Waals surface area (Å²) in [6, 6.07) is 22.8. The molecule has 0 saturated heterocycles. The van der Waals surface area contributed by atoms with Crippen LogP contribution in [0.3, 0.4) is 0 Å². The molecule has 130 valence electrons. The predicted molar refractivity (Wildman–Crippen MR) is 106 cm³/mol. The van der Waals surface area contributed by atoms with Crippen molar-refractivity contribution in [1.82, 2.24) is 4.90 Å². The predicted octanol–water partition coefficient (Wildman–Crippen LogP) is 5.76. The van der Waals surface area contributed by atoms with Gasteiger partial charge in [0.25, 0.3) is 5.91 Å². The zero-order valence-electron chi connectivity index (χ0n) is 13.8. The van der Waals surface area contributed by atoms with Crippen LogP contribution in [-0.4, -0.2) is 10.8 Å². The van der Waals surface area contributed by atoms with Gasteiger partial charge < -0.3 is 10.2 Å². The number of halogens is 2. The number of nitrogens with one attached hydrogen (secondary N) is 1. The van der Waals surface area contributed by atoms with Gasteiger partial charge in [0.1, 0.15) is 6.17 Å². The van der Waals surface area contributed by atoms with Crippen molar-refractivity contribution in [1.29, 1.82) is 0 Å². The van der Waals surface area contributed by atoms with E-state index >= 15 is 0 Å². The van der Waals surface area contributed by atoms with Gasteiger partial charge in [-0.15, -0.1) is 0 Å². The molecule has 0 radical (unpaired) electrons. The molecule has 0 spiro atoms. The lowest BCUT2D eigenvalue weighted by Gasteiger charge is -2.27. The molecule has 3 aromatic rings. The number of carbonyl (C=O) groups excluding carboxylic acids is 1. The lowest BCUT2D eigenvalue weighted by atomic mass is 10.1. The molecule has 26 heavy (non-hydrogen) atoms. The molecule has 0 saturated carbocycles. The minimum atomic E-state index is -0.310. The number of fused-ring (bicyclic) bond motifs is 1. The van der Waals surface area contributed by atoms with E-state index in [9.17, 15) is 4.79 Å². The monoisotopic (exact) mass is 382 g/mol. The minimum absolute atomic E-state index is 0.0000959. The van der Waals surface area contributed by atoms with Gasteiger partial charge >= 0.3 is 0 Å². The Labute approximate surface area is 162 Å². The summed E-state index contributed by atoms with van der Waals surface area (Å²) in [5, 5.41) is 4.54. The second-order valence-electron chi connectivity index (χ2n) is 6.18. The fourth-order valence-electron chi connectivity index (χ4n) is 3.22. The summed E-state index contributed by atoms with van der Waals surface area (Å²) in [7, 11) is 0. The first-order chi connectivity index (χ1) is 12.6. The maximum Gasteiger partial charge on any atom is 0.256 e. The molecule has 1 aliphatic rings. The van der Waals surface area contributed by atoms with Crippen molar-refractivity contribution >= 4 is 34.8 Å². The van der Waals surface area contributed by atoms with Crippen molar-refractivity contribution in [3.63, 3.8) is 0 Å². The lowest BCUT2D eigenvalue weighted by molar-refractivity contribution is 0.0729. The second kappa shape index (κ2) is 7.02. The van der Waals surface area contributed by atoms with Crippen molar-refractivity contribution in [2.75, 3.05) is 5.32 Å². The molecule has 3 nitrogen and oxygen atoms in total. The van der Waals surface area contributed by atoms with E-state index in [1.165, 1.54) is 0 Å². The number of carbonyl (C=O) groups is 1. The number of nitrogens with zero attached hydrogens (tertiary/aromatic N) is 1. The molecule has 0 bridgehead atoms. The largest absolute Gasteiger partial charge is 0.360 e. The summed E-state index contributed by atoms with van der Waals surface area (Å²) in [5.74, 6) is 0.0000959. The molecule has 3 aromatic carbocycles. The Bertz CT molecular complexity index is 959. The highest BCUT2D eigenvalue weighted by molar-refractivity contribution is 6.35. The molecule has 0 aromatic heterocycles. The van der Waals surface area contributed by atoms with E-state index < -0.39 is 0 Å². The van der Waals surface area contributed by atoms with E-state index in [0.717, 1.165) is 11.1 Å². The quantitative estimate of drug-likeness (QED) is 0.621. The smallest absolute Gasteiger partial charge is 0.256 e. The Morgan fingerprint density at radius 3 is 2.46 bits per heavy atom. The van der Waals surface area contributed by atoms with Crippen LogP contribution in [0, 0.1) is 0 Å². The zero-order valence-corrected chi connectivity index (χ0v) is 15.3. The first kappa shape index (κ1) is 17.0. The van der Waals surface area contributed by atoms with Gasteiger partial charge in [0, 0.05) is 22.7 Å². The highest BCUT2D eigenvalue weighted by Crippen LogP contribution is 2.37. The van der Waals surface area contributed by atoms with E-state index in [0.29, 0.717) is 27.8 Å². The Kier molecular flexibility index (Phi) is 4.58. The second-order valence-corrected chi connectivity index (χ2v) is 7.02. The van der Waals surface area contributed by atoms with E-state index in [4.69, 9.17) is 23.2 Å². The average molecular weight is 383 g/mol. The van der Waals surface area contributed by atoms with Gasteiger partial charge in [-0.1, -0.05) is 71.7 Å². The fraction of sp³-hybridized carbons (Fsp3) is 0.0952. The van der Waals surface area contributed by atoms with Gasteiger partial charge in [-0.25, -0.2) is 0 Å². The third kappa shape index (κ3) is 3.16. The van der Waals surface area contributed by atoms with Crippen molar-refractivity contribution < 1.29 is 4.79 Å². The molecule has 0 aliphatic carbocycles. The number of anilines is 1. The molecule has 1 heterocycles. The Morgan fingerprint density at radius 1 is 0.923 bits per heavy atom. The van der Waals surface area contributed by atoms with E-state index in [1.54, 1.807) is 18.2 Å². The van der Waals surface area contributed by atoms with Gasteiger partial charge in [0.2, 0.25) is 0 Å². The van der Waals surface area contributed by atoms with Gasteiger partial charge in [-0.2, -0.15) is 0 Å². The summed E-state index contributed by atoms with van der Waals surface area (Å²) < 4.78 is 0. The van der Waals surface area contributed by atoms with Crippen LogP contribution in [0.2, 0.25) is 10.0 Å². The van der Waals surface area contributed by atoms with Crippen LogP contribution in [-0.2, 0) is 6.54 Å². The number of rotatable bonds is 4. The topological polar surface area (TPSA) is 32.3 Å². The molecule has 1 N–H and O–H groups in total. The number of hydrogen-bond acceptors (Lipinski definition) is 2. The van der Waals surface area contributed by atoms with E-state index in [1.807, 2.05) is 59.5 Å². The van der Waals surface area contributed by atoms with Crippen LogP contribution in [0.15, 0.2) is 72.8 Å². The van der Waals surface area contributed by atoms with Gasteiger partial charge in [0.15, 0.2) is 0 Å². The van der Waals surface area contributed by atoms with Gasteiger partial charge in [-0.3, -0.25) is 4.79 Å². The normalized spacial score (nSPS) is 15.8. The van der Waals surface area contributed by atoms with Gasteiger partial charge in [0.05, 0.1) is 10.7 Å². The van der Waals surface area contributed by atoms with Crippen LogP contribution in [0.25, 0.3) is 0 Å². The Morgan fingerprint density at radius 2 is 1.65 bits per heavy atom. The lowest BCUT2D eigenvalue weighted by Crippen LogP contribution is -2.31. The first-order valence-electron chi connectivity index (χ1n) is 8.29. The van der Waals surface area contributed by atoms with Crippen molar-refractivity contribution in [2.45, 2.75) is 12.7 Å². The maximum atomic E-state index is 13.0. The summed E-state index contributed by atoms with van der Waals surface area (Å²) in [6.45, 7) is 0.504. The summed E-state index contributed by atoms with van der Waals surface area (Å²) >= 11 is 12.4. The molecular weight excluding hydrogens is 367 g/mol. The summed E-state index contributed by atoms with van der Waals surface area (Å²) in [4.78, 5) is 14.8. The SMILES string of the molecule is O=C1c2ccccc2[C@H](Nc2cc(Cl)ccc2Cl)N1Cc1ccccc1. The number of amides is 1. The third-order valence-corrected chi connectivity index (χ3v) is 5.04. The highest BCUT2D eigenvalue weighted by atomic mass is 35.5. The number of hydrogen-bond donors (Lipinski definition) is 1. The Hall–Kier alpha value is -2.49. The summed E-state index contributed by atoms with van der Waals surface area (Å²) in [6.07, 6.45) is -0.310. The van der Waals surface area contributed by atoms with Crippen molar-refractivity contribution in [3.05, 3.63) is 99.5 Å². The maximum absolute atomic E-state index is 13.0. The van der Waals surface area contributed by atoms with E-state index in [2.05, 4.69) is 5.32 Å². The Balaban J connectivity index is 1.72. The van der Waals surface area contributed by atoms with Gasteiger partial charge in [-0.05, 0) is 29.8 Å². The number of benzene rings is 3. The highest BCUT2D eigenvalue weighted by Gasteiger charge is 2.36.